The van der Waals surface area contributed by atoms with Gasteiger partial charge in [-0.1, -0.05) is 47.6 Å². The van der Waals surface area contributed by atoms with Gasteiger partial charge in [-0.25, -0.2) is 4.79 Å². The van der Waals surface area contributed by atoms with E-state index >= 15 is 0 Å². The van der Waals surface area contributed by atoms with Crippen LogP contribution in [0.5, 0.6) is 11.5 Å². The smallest absolute Gasteiger partial charge is 0.468 e. The minimum Gasteiger partial charge on any atom is -0.468 e. The number of ether oxygens (including phenoxy) is 5. The van der Waals surface area contributed by atoms with E-state index in [9.17, 15) is 19.2 Å². The minimum atomic E-state index is -0.785. The second kappa shape index (κ2) is 18.3. The summed E-state index contributed by atoms with van der Waals surface area (Å²) in [5, 5.41) is 3.06. The standard InChI is InChI=1S/C30H47NO9/c1-19(2)9-13-27(32)39-25-12-11-23(16-26(25)40-28(33)14-10-20(3)4)15-24(29(34)36-8)31-17-22(7)38-30(35)37-18-21(5)6/h11-12,16,19-22,24,31H,9-10,13-15,17-18H2,1-8H3/t22?,24-/m0/s1. The molecule has 10 nitrogen and oxygen atoms in total. The molecule has 1 rings (SSSR count). The van der Waals surface area contributed by atoms with E-state index in [0.29, 0.717) is 30.2 Å². The topological polar surface area (TPSA) is 126 Å². The van der Waals surface area contributed by atoms with Crippen molar-refractivity contribution in [1.82, 2.24) is 5.32 Å². The molecule has 0 aromatic heterocycles. The van der Waals surface area contributed by atoms with Gasteiger partial charge in [-0.15, -0.1) is 0 Å². The molecule has 10 heteroatoms. The third-order valence-corrected chi connectivity index (χ3v) is 5.72. The summed E-state index contributed by atoms with van der Waals surface area (Å²) in [4.78, 5) is 49.2. The normalized spacial score (nSPS) is 12.7. The van der Waals surface area contributed by atoms with Crippen LogP contribution in [0.2, 0.25) is 0 Å². The van der Waals surface area contributed by atoms with Crippen molar-refractivity contribution in [2.24, 2.45) is 17.8 Å². The van der Waals surface area contributed by atoms with E-state index in [1.165, 1.54) is 7.11 Å². The average molecular weight is 566 g/mol. The lowest BCUT2D eigenvalue weighted by Gasteiger charge is -2.20. The van der Waals surface area contributed by atoms with E-state index in [2.05, 4.69) is 5.32 Å². The third-order valence-electron chi connectivity index (χ3n) is 5.72. The monoisotopic (exact) mass is 565 g/mol. The van der Waals surface area contributed by atoms with Crippen LogP contribution < -0.4 is 14.8 Å². The highest BCUT2D eigenvalue weighted by Gasteiger charge is 2.23. The van der Waals surface area contributed by atoms with E-state index in [4.69, 9.17) is 23.7 Å². The van der Waals surface area contributed by atoms with Crippen molar-refractivity contribution in [2.45, 2.75) is 92.7 Å². The number of hydrogen-bond donors (Lipinski definition) is 1. The van der Waals surface area contributed by atoms with Crippen molar-refractivity contribution >= 4 is 24.1 Å². The second-order valence-electron chi connectivity index (χ2n) is 11.2. The molecular weight excluding hydrogens is 518 g/mol. The van der Waals surface area contributed by atoms with E-state index in [0.717, 1.165) is 0 Å². The summed E-state index contributed by atoms with van der Waals surface area (Å²) >= 11 is 0. The quantitative estimate of drug-likeness (QED) is 0.198. The first kappa shape index (κ1) is 34.9. The molecule has 226 valence electrons. The molecule has 0 bridgehead atoms. The van der Waals surface area contributed by atoms with E-state index in [1.807, 2.05) is 41.5 Å². The van der Waals surface area contributed by atoms with Gasteiger partial charge in [-0.2, -0.15) is 0 Å². The maximum Gasteiger partial charge on any atom is 0.508 e. The van der Waals surface area contributed by atoms with E-state index in [-0.39, 0.29) is 49.8 Å². The van der Waals surface area contributed by atoms with Gasteiger partial charge < -0.3 is 29.0 Å². The van der Waals surface area contributed by atoms with Crippen LogP contribution in [-0.2, 0) is 35.0 Å². The molecule has 0 saturated carbocycles. The minimum absolute atomic E-state index is 0.109. The summed E-state index contributed by atoms with van der Waals surface area (Å²) in [6.07, 6.45) is 0.602. The van der Waals surface area contributed by atoms with Gasteiger partial charge in [0.1, 0.15) is 12.1 Å². The molecule has 2 atom stereocenters. The molecule has 0 radical (unpaired) electrons. The van der Waals surface area contributed by atoms with Crippen molar-refractivity contribution in [1.29, 1.82) is 0 Å². The Morgan fingerprint density at radius 1 is 0.800 bits per heavy atom. The Bertz CT molecular complexity index is 958. The van der Waals surface area contributed by atoms with Gasteiger partial charge in [-0.3, -0.25) is 14.4 Å². The highest BCUT2D eigenvalue weighted by molar-refractivity contribution is 5.77. The van der Waals surface area contributed by atoms with E-state index in [1.54, 1.807) is 25.1 Å². The number of hydrogen-bond acceptors (Lipinski definition) is 10. The third kappa shape index (κ3) is 14.9. The molecule has 1 unspecified atom stereocenters. The maximum atomic E-state index is 12.5. The number of carbonyl (C=O) groups is 4. The summed E-state index contributed by atoms with van der Waals surface area (Å²) in [6.45, 7) is 14.0. The Hall–Kier alpha value is -3.14. The van der Waals surface area contributed by atoms with Gasteiger partial charge in [0.25, 0.3) is 0 Å². The summed E-state index contributed by atoms with van der Waals surface area (Å²) < 4.78 is 26.3. The second-order valence-corrected chi connectivity index (χ2v) is 11.2. The zero-order chi connectivity index (χ0) is 30.2. The summed E-state index contributed by atoms with van der Waals surface area (Å²) in [5.41, 5.74) is 0.640. The molecule has 0 fully saturated rings. The molecule has 40 heavy (non-hydrogen) atoms. The van der Waals surface area contributed by atoms with Crippen molar-refractivity contribution in [3.8, 4) is 11.5 Å². The van der Waals surface area contributed by atoms with Crippen LogP contribution in [0, 0.1) is 17.8 Å². The van der Waals surface area contributed by atoms with Crippen LogP contribution in [0.4, 0.5) is 4.79 Å². The Morgan fingerprint density at radius 2 is 1.38 bits per heavy atom. The first-order valence-electron chi connectivity index (χ1n) is 14.0. The molecule has 0 heterocycles. The zero-order valence-corrected chi connectivity index (χ0v) is 25.2. The Balaban J connectivity index is 3.01. The molecule has 1 N–H and O–H groups in total. The van der Waals surface area contributed by atoms with Gasteiger partial charge in [0.05, 0.1) is 13.7 Å². The number of nitrogens with one attached hydrogen (secondary N) is 1. The van der Waals surface area contributed by atoms with Gasteiger partial charge >= 0.3 is 24.1 Å². The predicted octanol–water partition coefficient (Wildman–Crippen LogP) is 5.24. The fourth-order valence-electron chi connectivity index (χ4n) is 3.40. The molecule has 0 spiro atoms. The number of esters is 3. The molecule has 0 amide bonds. The maximum absolute atomic E-state index is 12.5. The first-order valence-corrected chi connectivity index (χ1v) is 14.0. The van der Waals surface area contributed by atoms with Crippen LogP contribution >= 0.6 is 0 Å². The van der Waals surface area contributed by atoms with Crippen LogP contribution in [-0.4, -0.2) is 56.5 Å². The molecule has 0 saturated heterocycles. The summed E-state index contributed by atoms with van der Waals surface area (Å²) in [5.74, 6) is -0.294. The zero-order valence-electron chi connectivity index (χ0n) is 25.2. The van der Waals surface area contributed by atoms with Crippen LogP contribution in [0.1, 0.15) is 79.7 Å². The molecule has 1 aromatic rings. The lowest BCUT2D eigenvalue weighted by molar-refractivity contribution is -0.143. The average Bonchev–Trinajstić information content (AvgIpc) is 2.88. The van der Waals surface area contributed by atoms with Crippen LogP contribution in [0.15, 0.2) is 18.2 Å². The van der Waals surface area contributed by atoms with Gasteiger partial charge in [0, 0.05) is 19.4 Å². The Kier molecular flexibility index (Phi) is 15.9. The summed E-state index contributed by atoms with van der Waals surface area (Å²) in [7, 11) is 1.28. The highest BCUT2D eigenvalue weighted by Crippen LogP contribution is 2.30. The van der Waals surface area contributed by atoms with Crippen LogP contribution in [0.25, 0.3) is 0 Å². The molecular formula is C30H47NO9. The molecule has 0 aliphatic heterocycles. The van der Waals surface area contributed by atoms with Crippen molar-refractivity contribution < 1.29 is 42.9 Å². The lowest BCUT2D eigenvalue weighted by atomic mass is 10.0. The first-order chi connectivity index (χ1) is 18.8. The van der Waals surface area contributed by atoms with Crippen molar-refractivity contribution in [3.05, 3.63) is 23.8 Å². The van der Waals surface area contributed by atoms with Crippen LogP contribution in [0.3, 0.4) is 0 Å². The van der Waals surface area contributed by atoms with Crippen molar-refractivity contribution in [3.63, 3.8) is 0 Å². The Morgan fingerprint density at radius 3 is 1.90 bits per heavy atom. The predicted molar refractivity (Wildman–Crippen MR) is 150 cm³/mol. The van der Waals surface area contributed by atoms with Gasteiger partial charge in [0.2, 0.25) is 0 Å². The van der Waals surface area contributed by atoms with Gasteiger partial charge in [0.15, 0.2) is 11.5 Å². The fourth-order valence-corrected chi connectivity index (χ4v) is 3.40. The largest absolute Gasteiger partial charge is 0.508 e. The molecule has 0 aliphatic rings. The fraction of sp³-hybridized carbons (Fsp3) is 0.667. The highest BCUT2D eigenvalue weighted by atomic mass is 16.7. The SMILES string of the molecule is COC(=O)[C@H](Cc1ccc(OC(=O)CCC(C)C)c(OC(=O)CCC(C)C)c1)NCC(C)OC(=O)OCC(C)C. The van der Waals surface area contributed by atoms with Gasteiger partial charge in [-0.05, 0) is 61.6 Å². The molecule has 1 aromatic carbocycles. The Labute approximate surface area is 238 Å². The van der Waals surface area contributed by atoms with Crippen molar-refractivity contribution in [2.75, 3.05) is 20.3 Å². The lowest BCUT2D eigenvalue weighted by Crippen LogP contribution is -2.43. The molecule has 0 aliphatic carbocycles. The summed E-state index contributed by atoms with van der Waals surface area (Å²) in [6, 6.07) is 4.04. The number of rotatable bonds is 17. The van der Waals surface area contributed by atoms with E-state index < -0.39 is 36.2 Å². The number of carbonyl (C=O) groups excluding carboxylic acids is 4. The number of benzene rings is 1. The number of methoxy groups -OCH3 is 1.